The molecule has 0 aliphatic rings. The first-order valence-electron chi connectivity index (χ1n) is 4.12. The standard InChI is InChI=1S/C8H14Cl2N2O2/c1-11(7(13)5-9)3-4-12(2)8(14)6-10/h3-6H2,1-2H3. The van der Waals surface area contributed by atoms with E-state index < -0.39 is 0 Å². The fourth-order valence-corrected chi connectivity index (χ4v) is 1.16. The number of likely N-dealkylation sites (N-methyl/N-ethyl adjacent to an activating group) is 2. The van der Waals surface area contributed by atoms with Gasteiger partial charge < -0.3 is 9.80 Å². The molecule has 4 nitrogen and oxygen atoms in total. The van der Waals surface area contributed by atoms with Crippen molar-refractivity contribution in [3.8, 4) is 0 Å². The normalized spacial score (nSPS) is 9.71. The molecule has 0 unspecified atom stereocenters. The summed E-state index contributed by atoms with van der Waals surface area (Å²) in [7, 11) is 3.29. The van der Waals surface area contributed by atoms with Crippen molar-refractivity contribution >= 4 is 35.0 Å². The summed E-state index contributed by atoms with van der Waals surface area (Å²) in [5, 5.41) is 0. The molecule has 2 amide bonds. The average Bonchev–Trinajstić information content (AvgIpc) is 2.22. The minimum absolute atomic E-state index is 0.0380. The number of alkyl halides is 2. The molecule has 0 spiro atoms. The Morgan fingerprint density at radius 1 is 0.929 bits per heavy atom. The zero-order valence-electron chi connectivity index (χ0n) is 8.30. The predicted molar refractivity (Wildman–Crippen MR) is 56.7 cm³/mol. The first-order chi connectivity index (χ1) is 6.52. The number of hydrogen-bond acceptors (Lipinski definition) is 2. The average molecular weight is 241 g/mol. The topological polar surface area (TPSA) is 40.6 Å². The number of amides is 2. The number of hydrogen-bond donors (Lipinski definition) is 0. The minimum Gasteiger partial charge on any atom is -0.343 e. The smallest absolute Gasteiger partial charge is 0.237 e. The Morgan fingerprint density at radius 2 is 1.21 bits per heavy atom. The molecule has 6 heteroatoms. The van der Waals surface area contributed by atoms with Crippen LogP contribution in [0.1, 0.15) is 0 Å². The maximum Gasteiger partial charge on any atom is 0.237 e. The SMILES string of the molecule is CN(CCN(C)C(=O)CCl)C(=O)CCl. The lowest BCUT2D eigenvalue weighted by atomic mass is 10.4. The summed E-state index contributed by atoms with van der Waals surface area (Å²) in [5.41, 5.74) is 0. The molecule has 0 aromatic carbocycles. The summed E-state index contributed by atoms with van der Waals surface area (Å²) in [6.45, 7) is 0.926. The molecule has 0 bridgehead atoms. The van der Waals surface area contributed by atoms with Gasteiger partial charge in [0.2, 0.25) is 11.8 Å². The third kappa shape index (κ3) is 4.67. The Morgan fingerprint density at radius 3 is 1.43 bits per heavy atom. The van der Waals surface area contributed by atoms with Crippen molar-refractivity contribution in [2.45, 2.75) is 0 Å². The Bertz CT molecular complexity index is 190. The van der Waals surface area contributed by atoms with E-state index in [0.717, 1.165) is 0 Å². The fourth-order valence-electron chi connectivity index (χ4n) is 0.753. The lowest BCUT2D eigenvalue weighted by molar-refractivity contribution is -0.130. The van der Waals surface area contributed by atoms with Crippen molar-refractivity contribution in [2.24, 2.45) is 0 Å². The summed E-state index contributed by atoms with van der Waals surface area (Å²) in [5.74, 6) is -0.385. The quantitative estimate of drug-likeness (QED) is 0.653. The van der Waals surface area contributed by atoms with Crippen LogP contribution >= 0.6 is 23.2 Å². The first-order valence-corrected chi connectivity index (χ1v) is 5.19. The molecule has 0 aliphatic carbocycles. The molecule has 0 rings (SSSR count). The number of halogens is 2. The maximum atomic E-state index is 11.0. The van der Waals surface area contributed by atoms with Gasteiger partial charge in [-0.3, -0.25) is 9.59 Å². The molecule has 0 atom stereocenters. The molecule has 0 heterocycles. The van der Waals surface area contributed by atoms with E-state index in [9.17, 15) is 9.59 Å². The zero-order chi connectivity index (χ0) is 11.1. The van der Waals surface area contributed by atoms with Gasteiger partial charge >= 0.3 is 0 Å². The third-order valence-corrected chi connectivity index (χ3v) is 2.31. The van der Waals surface area contributed by atoms with Crippen LogP contribution in [-0.2, 0) is 9.59 Å². The van der Waals surface area contributed by atoms with Gasteiger partial charge in [0.1, 0.15) is 11.8 Å². The Labute approximate surface area is 93.7 Å². The van der Waals surface area contributed by atoms with E-state index in [-0.39, 0.29) is 23.6 Å². The maximum absolute atomic E-state index is 11.0. The van der Waals surface area contributed by atoms with E-state index in [1.54, 1.807) is 14.1 Å². The molecule has 0 radical (unpaired) electrons. The monoisotopic (exact) mass is 240 g/mol. The van der Waals surface area contributed by atoms with Crippen molar-refractivity contribution in [1.29, 1.82) is 0 Å². The van der Waals surface area contributed by atoms with Crippen LogP contribution in [0.4, 0.5) is 0 Å². The molecule has 0 aromatic heterocycles. The first kappa shape index (κ1) is 13.5. The molecule has 0 aromatic rings. The molecule has 0 saturated heterocycles. The van der Waals surface area contributed by atoms with Crippen LogP contribution in [-0.4, -0.2) is 60.6 Å². The highest BCUT2D eigenvalue weighted by molar-refractivity contribution is 6.27. The van der Waals surface area contributed by atoms with Gasteiger partial charge in [0.25, 0.3) is 0 Å². The lowest BCUT2D eigenvalue weighted by Crippen LogP contribution is -2.38. The highest BCUT2D eigenvalue weighted by Crippen LogP contribution is 1.92. The predicted octanol–water partition coefficient (Wildman–Crippen LogP) is 0.381. The number of carbonyl (C=O) groups is 2. The largest absolute Gasteiger partial charge is 0.343 e. The summed E-state index contributed by atoms with van der Waals surface area (Å²) in [6.07, 6.45) is 0. The van der Waals surface area contributed by atoms with E-state index in [0.29, 0.717) is 13.1 Å². The van der Waals surface area contributed by atoms with E-state index in [2.05, 4.69) is 0 Å². The summed E-state index contributed by atoms with van der Waals surface area (Å²) in [6, 6.07) is 0. The molecular weight excluding hydrogens is 227 g/mol. The Hall–Kier alpha value is -0.480. The van der Waals surface area contributed by atoms with Crippen LogP contribution in [0, 0.1) is 0 Å². The fraction of sp³-hybridized carbons (Fsp3) is 0.750. The van der Waals surface area contributed by atoms with Crippen molar-refractivity contribution < 1.29 is 9.59 Å². The van der Waals surface area contributed by atoms with Crippen molar-refractivity contribution in [3.63, 3.8) is 0 Å². The van der Waals surface area contributed by atoms with Gasteiger partial charge in [-0.25, -0.2) is 0 Å². The number of rotatable bonds is 5. The zero-order valence-corrected chi connectivity index (χ0v) is 9.81. The summed E-state index contributed by atoms with van der Waals surface area (Å²) in [4.78, 5) is 25.0. The van der Waals surface area contributed by atoms with Crippen molar-refractivity contribution in [3.05, 3.63) is 0 Å². The lowest BCUT2D eigenvalue weighted by Gasteiger charge is -2.21. The third-order valence-electron chi connectivity index (χ3n) is 1.85. The number of carbonyl (C=O) groups excluding carboxylic acids is 2. The van der Waals surface area contributed by atoms with Crippen LogP contribution in [0.3, 0.4) is 0 Å². The van der Waals surface area contributed by atoms with Gasteiger partial charge in [-0.15, -0.1) is 23.2 Å². The number of nitrogens with zero attached hydrogens (tertiary/aromatic N) is 2. The van der Waals surface area contributed by atoms with Gasteiger partial charge in [0.15, 0.2) is 0 Å². The highest BCUT2D eigenvalue weighted by Gasteiger charge is 2.10. The minimum atomic E-state index is -0.154. The second kappa shape index (κ2) is 6.90. The van der Waals surface area contributed by atoms with Crippen LogP contribution in [0.5, 0.6) is 0 Å². The van der Waals surface area contributed by atoms with Gasteiger partial charge in [-0.1, -0.05) is 0 Å². The molecular formula is C8H14Cl2N2O2. The Balaban J connectivity index is 3.82. The molecule has 0 aliphatic heterocycles. The second-order valence-corrected chi connectivity index (χ2v) is 3.43. The van der Waals surface area contributed by atoms with E-state index in [1.807, 2.05) is 0 Å². The van der Waals surface area contributed by atoms with Crippen molar-refractivity contribution in [1.82, 2.24) is 9.80 Å². The molecule has 14 heavy (non-hydrogen) atoms. The van der Waals surface area contributed by atoms with Crippen LogP contribution in [0.25, 0.3) is 0 Å². The van der Waals surface area contributed by atoms with E-state index >= 15 is 0 Å². The van der Waals surface area contributed by atoms with E-state index in [1.165, 1.54) is 9.80 Å². The molecule has 0 N–H and O–H groups in total. The van der Waals surface area contributed by atoms with Gasteiger partial charge in [-0.2, -0.15) is 0 Å². The van der Waals surface area contributed by atoms with Gasteiger partial charge in [0.05, 0.1) is 0 Å². The van der Waals surface area contributed by atoms with Crippen molar-refractivity contribution in [2.75, 3.05) is 38.9 Å². The van der Waals surface area contributed by atoms with Crippen LogP contribution in [0.2, 0.25) is 0 Å². The molecule has 82 valence electrons. The Kier molecular flexibility index (Phi) is 6.66. The van der Waals surface area contributed by atoms with Gasteiger partial charge in [0, 0.05) is 27.2 Å². The van der Waals surface area contributed by atoms with Crippen LogP contribution < -0.4 is 0 Å². The van der Waals surface area contributed by atoms with Crippen LogP contribution in [0.15, 0.2) is 0 Å². The second-order valence-electron chi connectivity index (χ2n) is 2.90. The summed E-state index contributed by atoms with van der Waals surface area (Å²) >= 11 is 10.7. The van der Waals surface area contributed by atoms with Gasteiger partial charge in [-0.05, 0) is 0 Å². The molecule has 0 saturated carbocycles. The highest BCUT2D eigenvalue weighted by atomic mass is 35.5. The summed E-state index contributed by atoms with van der Waals surface area (Å²) < 4.78 is 0. The van der Waals surface area contributed by atoms with E-state index in [4.69, 9.17) is 23.2 Å². The molecule has 0 fully saturated rings.